The van der Waals surface area contributed by atoms with Crippen molar-refractivity contribution in [2.75, 3.05) is 5.32 Å². The van der Waals surface area contributed by atoms with Gasteiger partial charge in [0.25, 0.3) is 0 Å². The van der Waals surface area contributed by atoms with E-state index in [9.17, 15) is 22.8 Å². The number of halogens is 3. The van der Waals surface area contributed by atoms with Crippen LogP contribution >= 0.6 is 0 Å². The number of carbonyl (C=O) groups excluding carboxylic acids is 2. The SMILES string of the molecule is CCC(=O)Nc1ccc([C@@H](C)NC(=O)[C@H]2CCCC[C@@H]2C(F)(F)F)cc1. The maximum absolute atomic E-state index is 13.2. The van der Waals surface area contributed by atoms with Crippen LogP contribution in [-0.2, 0) is 9.59 Å². The predicted octanol–water partition coefficient (Wildman–Crippen LogP) is 4.58. The number of alkyl halides is 3. The Morgan fingerprint density at radius 1 is 1.15 bits per heavy atom. The molecule has 3 atom stereocenters. The average molecular weight is 370 g/mol. The molecule has 0 heterocycles. The monoisotopic (exact) mass is 370 g/mol. The first-order valence-corrected chi connectivity index (χ1v) is 8.99. The van der Waals surface area contributed by atoms with Crippen molar-refractivity contribution in [3.05, 3.63) is 29.8 Å². The number of carbonyl (C=O) groups is 2. The lowest BCUT2D eigenvalue weighted by Crippen LogP contribution is -2.43. The van der Waals surface area contributed by atoms with Crippen LogP contribution in [-0.4, -0.2) is 18.0 Å². The van der Waals surface area contributed by atoms with Crippen LogP contribution in [0.25, 0.3) is 0 Å². The van der Waals surface area contributed by atoms with Crippen molar-refractivity contribution >= 4 is 17.5 Å². The minimum absolute atomic E-state index is 0.0157. The molecule has 1 aliphatic rings. The first kappa shape index (κ1) is 20.3. The minimum Gasteiger partial charge on any atom is -0.349 e. The van der Waals surface area contributed by atoms with Crippen molar-refractivity contribution in [2.45, 2.75) is 58.2 Å². The summed E-state index contributed by atoms with van der Waals surface area (Å²) in [5.74, 6) is -3.22. The molecule has 2 rings (SSSR count). The molecule has 1 saturated carbocycles. The fraction of sp³-hybridized carbons (Fsp3) is 0.579. The summed E-state index contributed by atoms with van der Waals surface area (Å²) in [6, 6.07) is 6.51. The van der Waals surface area contributed by atoms with E-state index in [-0.39, 0.29) is 18.7 Å². The number of hydrogen-bond donors (Lipinski definition) is 2. The van der Waals surface area contributed by atoms with Crippen molar-refractivity contribution < 1.29 is 22.8 Å². The summed E-state index contributed by atoms with van der Waals surface area (Å²) in [4.78, 5) is 23.8. The molecule has 1 fully saturated rings. The van der Waals surface area contributed by atoms with Crippen LogP contribution in [0.1, 0.15) is 57.6 Å². The zero-order chi connectivity index (χ0) is 19.3. The second-order valence-electron chi connectivity index (χ2n) is 6.79. The van der Waals surface area contributed by atoms with Crippen molar-refractivity contribution in [3.8, 4) is 0 Å². The number of benzene rings is 1. The van der Waals surface area contributed by atoms with Gasteiger partial charge < -0.3 is 10.6 Å². The molecule has 2 amide bonds. The lowest BCUT2D eigenvalue weighted by Gasteiger charge is -2.32. The lowest BCUT2D eigenvalue weighted by atomic mass is 9.78. The maximum atomic E-state index is 13.2. The highest BCUT2D eigenvalue weighted by Crippen LogP contribution is 2.41. The summed E-state index contributed by atoms with van der Waals surface area (Å²) in [6.07, 6.45) is -2.54. The molecule has 0 unspecified atom stereocenters. The Kier molecular flexibility index (Phi) is 6.67. The fourth-order valence-electron chi connectivity index (χ4n) is 3.34. The van der Waals surface area contributed by atoms with Crippen molar-refractivity contribution in [2.24, 2.45) is 11.8 Å². The number of rotatable bonds is 5. The van der Waals surface area contributed by atoms with Gasteiger partial charge >= 0.3 is 6.18 Å². The molecule has 2 N–H and O–H groups in total. The third-order valence-corrected chi connectivity index (χ3v) is 4.90. The second kappa shape index (κ2) is 8.56. The lowest BCUT2D eigenvalue weighted by molar-refractivity contribution is -0.198. The van der Waals surface area contributed by atoms with Crippen molar-refractivity contribution in [1.29, 1.82) is 0 Å². The zero-order valence-electron chi connectivity index (χ0n) is 15.0. The zero-order valence-corrected chi connectivity index (χ0v) is 15.0. The summed E-state index contributed by atoms with van der Waals surface area (Å²) >= 11 is 0. The molecule has 0 aliphatic heterocycles. The van der Waals surface area contributed by atoms with Crippen LogP contribution in [0, 0.1) is 11.8 Å². The Bertz CT molecular complexity index is 629. The minimum atomic E-state index is -4.34. The average Bonchev–Trinajstić information content (AvgIpc) is 2.61. The summed E-state index contributed by atoms with van der Waals surface area (Å²) in [5, 5.41) is 5.43. The highest BCUT2D eigenvalue weighted by atomic mass is 19.4. The Balaban J connectivity index is 2.00. The Morgan fingerprint density at radius 2 is 1.77 bits per heavy atom. The molecule has 26 heavy (non-hydrogen) atoms. The van der Waals surface area contributed by atoms with Crippen LogP contribution in [0.2, 0.25) is 0 Å². The molecular weight excluding hydrogens is 345 g/mol. The van der Waals surface area contributed by atoms with Crippen molar-refractivity contribution in [3.63, 3.8) is 0 Å². The molecule has 144 valence electrons. The van der Waals surface area contributed by atoms with Crippen molar-refractivity contribution in [1.82, 2.24) is 5.32 Å². The largest absolute Gasteiger partial charge is 0.392 e. The number of anilines is 1. The van der Waals surface area contributed by atoms with Gasteiger partial charge in [-0.15, -0.1) is 0 Å². The fourth-order valence-corrected chi connectivity index (χ4v) is 3.34. The van der Waals surface area contributed by atoms with Gasteiger partial charge in [0.05, 0.1) is 12.0 Å². The Morgan fingerprint density at radius 3 is 2.35 bits per heavy atom. The molecule has 0 saturated heterocycles. The van der Waals surface area contributed by atoms with Gasteiger partial charge in [-0.2, -0.15) is 13.2 Å². The van der Waals surface area contributed by atoms with Gasteiger partial charge in [0.2, 0.25) is 11.8 Å². The summed E-state index contributed by atoms with van der Waals surface area (Å²) in [7, 11) is 0. The second-order valence-corrected chi connectivity index (χ2v) is 6.79. The normalized spacial score (nSPS) is 21.7. The highest BCUT2D eigenvalue weighted by molar-refractivity contribution is 5.90. The number of nitrogens with one attached hydrogen (secondary N) is 2. The standard InChI is InChI=1S/C19H25F3N2O2/c1-3-17(25)24-14-10-8-13(9-11-14)12(2)23-18(26)15-6-4-5-7-16(15)19(20,21)22/h8-12,15-16H,3-7H2,1-2H3,(H,23,26)(H,24,25)/t12-,15+,16+/m1/s1. The predicted molar refractivity (Wildman–Crippen MR) is 93.4 cm³/mol. The van der Waals surface area contributed by atoms with E-state index in [1.165, 1.54) is 0 Å². The smallest absolute Gasteiger partial charge is 0.349 e. The molecule has 4 nitrogen and oxygen atoms in total. The van der Waals surface area contributed by atoms with Gasteiger partial charge in [0.1, 0.15) is 0 Å². The number of hydrogen-bond acceptors (Lipinski definition) is 2. The molecule has 0 bridgehead atoms. The van der Waals surface area contributed by atoms with E-state index in [1.807, 2.05) is 0 Å². The molecule has 1 aromatic carbocycles. The maximum Gasteiger partial charge on any atom is 0.392 e. The third kappa shape index (κ3) is 5.22. The molecule has 0 aromatic heterocycles. The van der Waals surface area contributed by atoms with E-state index in [4.69, 9.17) is 0 Å². The Labute approximate surface area is 151 Å². The van der Waals surface area contributed by atoms with Crippen LogP contribution in [0.5, 0.6) is 0 Å². The van der Waals surface area contributed by atoms with Crippen LogP contribution in [0.4, 0.5) is 18.9 Å². The van der Waals surface area contributed by atoms with E-state index in [0.717, 1.165) is 5.56 Å². The summed E-state index contributed by atoms with van der Waals surface area (Å²) in [5.41, 5.74) is 1.41. The van der Waals surface area contributed by atoms with Gasteiger partial charge in [-0.25, -0.2) is 0 Å². The van der Waals surface area contributed by atoms with Gasteiger partial charge in [0, 0.05) is 18.0 Å². The molecule has 1 aromatic rings. The quantitative estimate of drug-likeness (QED) is 0.797. The first-order chi connectivity index (χ1) is 12.2. The van der Waals surface area contributed by atoms with Gasteiger partial charge in [-0.1, -0.05) is 31.9 Å². The topological polar surface area (TPSA) is 58.2 Å². The molecule has 1 aliphatic carbocycles. The summed E-state index contributed by atoms with van der Waals surface area (Å²) < 4.78 is 39.5. The van der Waals surface area contributed by atoms with Gasteiger partial charge in [0.15, 0.2) is 0 Å². The van der Waals surface area contributed by atoms with E-state index >= 15 is 0 Å². The first-order valence-electron chi connectivity index (χ1n) is 8.99. The van der Waals surface area contributed by atoms with E-state index in [2.05, 4.69) is 10.6 Å². The van der Waals surface area contributed by atoms with Gasteiger partial charge in [-0.05, 0) is 37.5 Å². The van der Waals surface area contributed by atoms with E-state index in [1.54, 1.807) is 38.1 Å². The van der Waals surface area contributed by atoms with E-state index in [0.29, 0.717) is 24.9 Å². The highest BCUT2D eigenvalue weighted by Gasteiger charge is 2.48. The van der Waals surface area contributed by atoms with Crippen LogP contribution < -0.4 is 10.6 Å². The molecule has 0 radical (unpaired) electrons. The Hall–Kier alpha value is -2.05. The third-order valence-electron chi connectivity index (χ3n) is 4.90. The van der Waals surface area contributed by atoms with Gasteiger partial charge in [-0.3, -0.25) is 9.59 Å². The van der Waals surface area contributed by atoms with Crippen LogP contribution in [0.3, 0.4) is 0 Å². The van der Waals surface area contributed by atoms with E-state index < -0.39 is 30.0 Å². The molecule has 7 heteroatoms. The van der Waals surface area contributed by atoms with Crippen LogP contribution in [0.15, 0.2) is 24.3 Å². The summed E-state index contributed by atoms with van der Waals surface area (Å²) in [6.45, 7) is 3.49. The molecule has 0 spiro atoms. The number of amides is 2. The molecular formula is C19H25F3N2O2.